The molecular weight excluding hydrogens is 304 g/mol. The SMILES string of the molecule is CN(C(=O)CCCNC(=O)C1CC1)c1cc(C2CCCCC2)[nH]n1. The zero-order valence-corrected chi connectivity index (χ0v) is 14.5. The number of amides is 2. The first-order valence-electron chi connectivity index (χ1n) is 9.24. The van der Waals surface area contributed by atoms with Crippen LogP contribution in [0.2, 0.25) is 0 Å². The molecule has 1 aromatic rings. The monoisotopic (exact) mass is 332 g/mol. The van der Waals surface area contributed by atoms with E-state index in [-0.39, 0.29) is 17.7 Å². The van der Waals surface area contributed by atoms with Gasteiger partial charge in [-0.25, -0.2) is 0 Å². The Labute approximate surface area is 143 Å². The molecule has 0 atom stereocenters. The lowest BCUT2D eigenvalue weighted by Gasteiger charge is -2.19. The van der Waals surface area contributed by atoms with E-state index in [0.29, 0.717) is 31.1 Å². The van der Waals surface area contributed by atoms with E-state index in [1.54, 1.807) is 11.9 Å². The second kappa shape index (κ2) is 7.81. The summed E-state index contributed by atoms with van der Waals surface area (Å²) in [7, 11) is 1.77. The first-order valence-corrected chi connectivity index (χ1v) is 9.24. The molecule has 2 aliphatic carbocycles. The van der Waals surface area contributed by atoms with Crippen LogP contribution in [-0.2, 0) is 9.59 Å². The van der Waals surface area contributed by atoms with Crippen molar-refractivity contribution in [1.82, 2.24) is 15.5 Å². The van der Waals surface area contributed by atoms with Crippen LogP contribution in [0, 0.1) is 5.92 Å². The molecule has 0 radical (unpaired) electrons. The number of aromatic nitrogens is 2. The predicted octanol–water partition coefficient (Wildman–Crippen LogP) is 2.73. The van der Waals surface area contributed by atoms with Gasteiger partial charge in [0, 0.05) is 43.6 Å². The van der Waals surface area contributed by atoms with E-state index in [1.165, 1.54) is 32.1 Å². The van der Waals surface area contributed by atoms with E-state index in [9.17, 15) is 9.59 Å². The molecule has 0 unspecified atom stereocenters. The van der Waals surface area contributed by atoms with Crippen molar-refractivity contribution in [2.24, 2.45) is 5.92 Å². The molecule has 2 N–H and O–H groups in total. The fourth-order valence-electron chi connectivity index (χ4n) is 3.36. The zero-order chi connectivity index (χ0) is 16.9. The van der Waals surface area contributed by atoms with Gasteiger partial charge in [-0.1, -0.05) is 19.3 Å². The number of nitrogens with zero attached hydrogens (tertiary/aromatic N) is 2. The Bertz CT molecular complexity index is 573. The summed E-state index contributed by atoms with van der Waals surface area (Å²) >= 11 is 0. The molecule has 0 saturated heterocycles. The molecule has 0 spiro atoms. The van der Waals surface area contributed by atoms with Crippen LogP contribution < -0.4 is 10.2 Å². The maximum absolute atomic E-state index is 12.3. The number of aromatic amines is 1. The first kappa shape index (κ1) is 17.0. The van der Waals surface area contributed by atoms with Gasteiger partial charge in [-0.15, -0.1) is 0 Å². The highest BCUT2D eigenvalue weighted by Gasteiger charge is 2.29. The third-order valence-electron chi connectivity index (χ3n) is 5.16. The molecule has 132 valence electrons. The fraction of sp³-hybridized carbons (Fsp3) is 0.722. The summed E-state index contributed by atoms with van der Waals surface area (Å²) in [5.74, 6) is 1.66. The van der Waals surface area contributed by atoms with Crippen molar-refractivity contribution in [3.8, 4) is 0 Å². The lowest BCUT2D eigenvalue weighted by molar-refractivity contribution is -0.123. The lowest BCUT2D eigenvalue weighted by atomic mass is 9.87. The summed E-state index contributed by atoms with van der Waals surface area (Å²) in [6.45, 7) is 0.572. The van der Waals surface area contributed by atoms with Gasteiger partial charge in [0.1, 0.15) is 0 Å². The third-order valence-corrected chi connectivity index (χ3v) is 5.16. The normalized spacial score (nSPS) is 18.4. The van der Waals surface area contributed by atoms with Crippen LogP contribution in [0.4, 0.5) is 5.82 Å². The molecule has 6 nitrogen and oxygen atoms in total. The van der Waals surface area contributed by atoms with E-state index >= 15 is 0 Å². The van der Waals surface area contributed by atoms with E-state index < -0.39 is 0 Å². The molecule has 2 fully saturated rings. The quantitative estimate of drug-likeness (QED) is 0.754. The molecule has 3 rings (SSSR count). The van der Waals surface area contributed by atoms with Crippen LogP contribution in [-0.4, -0.2) is 35.6 Å². The topological polar surface area (TPSA) is 78.1 Å². The number of carbonyl (C=O) groups excluding carboxylic acids is 2. The summed E-state index contributed by atoms with van der Waals surface area (Å²) in [6.07, 6.45) is 9.41. The van der Waals surface area contributed by atoms with Crippen molar-refractivity contribution in [3.63, 3.8) is 0 Å². The Hall–Kier alpha value is -1.85. The predicted molar refractivity (Wildman–Crippen MR) is 92.8 cm³/mol. The van der Waals surface area contributed by atoms with Crippen LogP contribution >= 0.6 is 0 Å². The van der Waals surface area contributed by atoms with Gasteiger partial charge in [-0.3, -0.25) is 19.6 Å². The van der Waals surface area contributed by atoms with Crippen molar-refractivity contribution in [2.75, 3.05) is 18.5 Å². The van der Waals surface area contributed by atoms with Crippen LogP contribution in [0.25, 0.3) is 0 Å². The Kier molecular flexibility index (Phi) is 5.53. The standard InChI is InChI=1S/C18H28N4O2/c1-22(17(23)8-5-11-19-18(24)14-9-10-14)16-12-15(20-21-16)13-6-3-2-4-7-13/h12-14H,2-11H2,1H3,(H,19,24)(H,20,21). The number of nitrogens with one attached hydrogen (secondary N) is 2. The summed E-state index contributed by atoms with van der Waals surface area (Å²) < 4.78 is 0. The Morgan fingerprint density at radius 1 is 1.25 bits per heavy atom. The van der Waals surface area contributed by atoms with Gasteiger partial charge in [-0.05, 0) is 32.1 Å². The molecule has 1 aromatic heterocycles. The minimum Gasteiger partial charge on any atom is -0.356 e. The van der Waals surface area contributed by atoms with E-state index in [0.717, 1.165) is 18.5 Å². The highest BCUT2D eigenvalue weighted by Crippen LogP contribution is 2.32. The molecule has 0 aliphatic heterocycles. The lowest BCUT2D eigenvalue weighted by Crippen LogP contribution is -2.29. The van der Waals surface area contributed by atoms with Crippen LogP contribution in [0.1, 0.15) is 69.4 Å². The van der Waals surface area contributed by atoms with Gasteiger partial charge < -0.3 is 5.32 Å². The molecule has 2 saturated carbocycles. The fourth-order valence-corrected chi connectivity index (χ4v) is 3.36. The Morgan fingerprint density at radius 2 is 2.00 bits per heavy atom. The van der Waals surface area contributed by atoms with Gasteiger partial charge in [0.15, 0.2) is 5.82 Å². The summed E-state index contributed by atoms with van der Waals surface area (Å²) in [5.41, 5.74) is 1.15. The molecule has 0 aromatic carbocycles. The van der Waals surface area contributed by atoms with Crippen LogP contribution in [0.5, 0.6) is 0 Å². The number of carbonyl (C=O) groups is 2. The highest BCUT2D eigenvalue weighted by atomic mass is 16.2. The second-order valence-corrected chi connectivity index (χ2v) is 7.14. The summed E-state index contributed by atoms with van der Waals surface area (Å²) in [5, 5.41) is 10.3. The molecule has 24 heavy (non-hydrogen) atoms. The maximum Gasteiger partial charge on any atom is 0.227 e. The second-order valence-electron chi connectivity index (χ2n) is 7.14. The highest BCUT2D eigenvalue weighted by molar-refractivity contribution is 5.91. The third kappa shape index (κ3) is 4.36. The maximum atomic E-state index is 12.3. The number of hydrogen-bond acceptors (Lipinski definition) is 3. The smallest absolute Gasteiger partial charge is 0.227 e. The van der Waals surface area contributed by atoms with Crippen molar-refractivity contribution in [3.05, 3.63) is 11.8 Å². The van der Waals surface area contributed by atoms with Crippen molar-refractivity contribution >= 4 is 17.6 Å². The molecule has 2 amide bonds. The molecule has 1 heterocycles. The molecule has 6 heteroatoms. The first-order chi connectivity index (χ1) is 11.6. The van der Waals surface area contributed by atoms with E-state index in [4.69, 9.17) is 0 Å². The van der Waals surface area contributed by atoms with Crippen molar-refractivity contribution < 1.29 is 9.59 Å². The van der Waals surface area contributed by atoms with Gasteiger partial charge in [0.25, 0.3) is 0 Å². The molecule has 2 aliphatic rings. The molecule has 0 bridgehead atoms. The van der Waals surface area contributed by atoms with Crippen LogP contribution in [0.3, 0.4) is 0 Å². The van der Waals surface area contributed by atoms with Crippen LogP contribution in [0.15, 0.2) is 6.07 Å². The number of anilines is 1. The number of H-pyrrole nitrogens is 1. The van der Waals surface area contributed by atoms with Gasteiger partial charge >= 0.3 is 0 Å². The van der Waals surface area contributed by atoms with E-state index in [1.807, 2.05) is 6.07 Å². The Morgan fingerprint density at radius 3 is 2.71 bits per heavy atom. The minimum atomic E-state index is 0.0392. The summed E-state index contributed by atoms with van der Waals surface area (Å²) in [6, 6.07) is 2.02. The van der Waals surface area contributed by atoms with E-state index in [2.05, 4.69) is 15.5 Å². The summed E-state index contributed by atoms with van der Waals surface area (Å²) in [4.78, 5) is 25.4. The van der Waals surface area contributed by atoms with Crippen molar-refractivity contribution in [1.29, 1.82) is 0 Å². The average Bonchev–Trinajstić information content (AvgIpc) is 3.35. The zero-order valence-electron chi connectivity index (χ0n) is 14.5. The van der Waals surface area contributed by atoms with Gasteiger partial charge in [0.2, 0.25) is 11.8 Å². The Balaban J connectivity index is 1.42. The number of rotatable bonds is 7. The molecular formula is C18H28N4O2. The average molecular weight is 332 g/mol. The number of hydrogen-bond donors (Lipinski definition) is 2. The van der Waals surface area contributed by atoms with Crippen molar-refractivity contribution in [2.45, 2.75) is 63.7 Å². The largest absolute Gasteiger partial charge is 0.356 e. The van der Waals surface area contributed by atoms with Gasteiger partial charge in [0.05, 0.1) is 0 Å². The minimum absolute atomic E-state index is 0.0392. The van der Waals surface area contributed by atoms with Gasteiger partial charge in [-0.2, -0.15) is 5.10 Å².